The molecule has 1 aromatic heterocycles. The van der Waals surface area contributed by atoms with Crippen LogP contribution in [0.4, 0.5) is 17.6 Å². The Morgan fingerprint density at radius 3 is 2.05 bits per heavy atom. The van der Waals surface area contributed by atoms with Gasteiger partial charge in [0, 0.05) is 11.6 Å². The molecule has 1 saturated carbocycles. The minimum atomic E-state index is -1.30. The number of aryl methyl sites for hydroxylation is 1. The highest BCUT2D eigenvalue weighted by atomic mass is 19.2. The molecule has 39 heavy (non-hydrogen) atoms. The van der Waals surface area contributed by atoms with Gasteiger partial charge >= 0.3 is 0 Å². The lowest BCUT2D eigenvalue weighted by atomic mass is 9.80. The van der Waals surface area contributed by atoms with Gasteiger partial charge in [-0.25, -0.2) is 13.2 Å². The first-order chi connectivity index (χ1) is 18.9. The third-order valence-electron chi connectivity index (χ3n) is 8.24. The Morgan fingerprint density at radius 2 is 1.38 bits per heavy atom. The smallest absolute Gasteiger partial charge is 0.201 e. The fourth-order valence-electron chi connectivity index (χ4n) is 5.96. The Balaban J connectivity index is 1.38. The van der Waals surface area contributed by atoms with Crippen molar-refractivity contribution in [2.45, 2.75) is 78.1 Å². The number of hydrogen-bond donors (Lipinski definition) is 0. The van der Waals surface area contributed by atoms with E-state index >= 15 is 17.6 Å². The number of benzene rings is 3. The molecule has 5 rings (SSSR count). The SMILES string of the molecule is CCCCCC1CCC(COc2cc3oc4cc(-c5ccc(CCC)cc5)c(F)c(F)c4c3c(F)c2F)CC1. The first-order valence-corrected chi connectivity index (χ1v) is 14.4. The molecular weight excluding hydrogens is 504 g/mol. The summed E-state index contributed by atoms with van der Waals surface area (Å²) in [6.07, 6.45) is 11.1. The van der Waals surface area contributed by atoms with Crippen molar-refractivity contribution in [1.29, 1.82) is 0 Å². The minimum absolute atomic E-state index is 0.00440. The van der Waals surface area contributed by atoms with Crippen molar-refractivity contribution in [2.24, 2.45) is 11.8 Å². The molecule has 1 aliphatic carbocycles. The van der Waals surface area contributed by atoms with Gasteiger partial charge in [-0.2, -0.15) is 4.39 Å². The Morgan fingerprint density at radius 1 is 0.744 bits per heavy atom. The average molecular weight is 541 g/mol. The van der Waals surface area contributed by atoms with Crippen LogP contribution in [-0.2, 0) is 6.42 Å². The zero-order chi connectivity index (χ0) is 27.5. The van der Waals surface area contributed by atoms with Crippen molar-refractivity contribution in [2.75, 3.05) is 6.61 Å². The summed E-state index contributed by atoms with van der Waals surface area (Å²) < 4.78 is 72.2. The van der Waals surface area contributed by atoms with E-state index in [1.165, 1.54) is 37.8 Å². The van der Waals surface area contributed by atoms with Crippen molar-refractivity contribution >= 4 is 21.9 Å². The van der Waals surface area contributed by atoms with Crippen LogP contribution in [0.3, 0.4) is 0 Å². The summed E-state index contributed by atoms with van der Waals surface area (Å²) in [5.74, 6) is -4.15. The third kappa shape index (κ3) is 5.66. The topological polar surface area (TPSA) is 22.4 Å². The highest BCUT2D eigenvalue weighted by Gasteiger charge is 2.27. The molecule has 4 aromatic rings. The summed E-state index contributed by atoms with van der Waals surface area (Å²) in [5.41, 5.74) is 1.45. The molecule has 0 spiro atoms. The number of ether oxygens (including phenoxy) is 1. The Labute approximate surface area is 227 Å². The van der Waals surface area contributed by atoms with Gasteiger partial charge in [0.05, 0.1) is 17.4 Å². The van der Waals surface area contributed by atoms with Gasteiger partial charge in [0.1, 0.15) is 11.2 Å². The summed E-state index contributed by atoms with van der Waals surface area (Å²) >= 11 is 0. The molecule has 0 radical (unpaired) electrons. The fraction of sp³-hybridized carbons (Fsp3) is 0.455. The average Bonchev–Trinajstić information content (AvgIpc) is 3.32. The van der Waals surface area contributed by atoms with E-state index in [9.17, 15) is 0 Å². The van der Waals surface area contributed by atoms with Gasteiger partial charge in [0.15, 0.2) is 23.2 Å². The maximum absolute atomic E-state index is 15.3. The van der Waals surface area contributed by atoms with E-state index in [0.29, 0.717) is 5.56 Å². The van der Waals surface area contributed by atoms with Gasteiger partial charge in [-0.3, -0.25) is 0 Å². The standard InChI is InChI=1S/C33H36F4O2/c1-3-5-6-8-21-9-11-22(12-10-21)19-38-27-18-26-29(33(37)31(27)35)28-25(39-26)17-24(30(34)32(28)36)23-15-13-20(7-4-2)14-16-23/h13-18,21-22H,3-12,19H2,1-2H3. The van der Waals surface area contributed by atoms with Crippen LogP contribution in [0, 0.1) is 35.1 Å². The van der Waals surface area contributed by atoms with Crippen molar-refractivity contribution < 1.29 is 26.7 Å². The molecular formula is C33H36F4O2. The van der Waals surface area contributed by atoms with Crippen LogP contribution in [0.15, 0.2) is 40.8 Å². The lowest BCUT2D eigenvalue weighted by Gasteiger charge is -2.28. The van der Waals surface area contributed by atoms with E-state index in [2.05, 4.69) is 13.8 Å². The van der Waals surface area contributed by atoms with Gasteiger partial charge in [0.25, 0.3) is 0 Å². The van der Waals surface area contributed by atoms with Crippen molar-refractivity contribution in [3.63, 3.8) is 0 Å². The van der Waals surface area contributed by atoms with Crippen molar-refractivity contribution in [3.05, 3.63) is 65.2 Å². The Kier molecular flexibility index (Phi) is 8.49. The van der Waals surface area contributed by atoms with E-state index < -0.39 is 34.0 Å². The van der Waals surface area contributed by atoms with E-state index in [1.54, 1.807) is 12.1 Å². The third-order valence-corrected chi connectivity index (χ3v) is 8.24. The normalized spacial score (nSPS) is 17.8. The molecule has 0 saturated heterocycles. The van der Waals surface area contributed by atoms with E-state index in [4.69, 9.17) is 9.15 Å². The first kappa shape index (κ1) is 27.5. The zero-order valence-corrected chi connectivity index (χ0v) is 22.7. The summed E-state index contributed by atoms with van der Waals surface area (Å²) in [6.45, 7) is 4.56. The number of unbranched alkanes of at least 4 members (excludes halogenated alkanes) is 2. The first-order valence-electron chi connectivity index (χ1n) is 14.4. The molecule has 1 aliphatic rings. The largest absolute Gasteiger partial charge is 0.490 e. The second-order valence-electron chi connectivity index (χ2n) is 11.0. The predicted molar refractivity (Wildman–Crippen MR) is 148 cm³/mol. The highest BCUT2D eigenvalue weighted by molar-refractivity contribution is 6.07. The zero-order valence-electron chi connectivity index (χ0n) is 22.7. The van der Waals surface area contributed by atoms with E-state index in [1.807, 2.05) is 12.1 Å². The van der Waals surface area contributed by atoms with E-state index in [-0.39, 0.29) is 35.0 Å². The van der Waals surface area contributed by atoms with Crippen LogP contribution in [0.1, 0.15) is 77.2 Å². The van der Waals surface area contributed by atoms with Crippen LogP contribution in [0.2, 0.25) is 0 Å². The quantitative estimate of drug-likeness (QED) is 0.147. The number of rotatable bonds is 10. The van der Waals surface area contributed by atoms with Crippen LogP contribution >= 0.6 is 0 Å². The summed E-state index contributed by atoms with van der Waals surface area (Å²) in [7, 11) is 0. The molecule has 0 atom stereocenters. The molecule has 0 unspecified atom stereocenters. The van der Waals surface area contributed by atoms with Crippen LogP contribution in [0.25, 0.3) is 33.1 Å². The number of halogens is 4. The van der Waals surface area contributed by atoms with Crippen LogP contribution in [-0.4, -0.2) is 6.61 Å². The highest BCUT2D eigenvalue weighted by Crippen LogP contribution is 2.41. The summed E-state index contributed by atoms with van der Waals surface area (Å²) in [5, 5.41) is -0.818. The molecule has 1 fully saturated rings. The second-order valence-corrected chi connectivity index (χ2v) is 11.0. The fourth-order valence-corrected chi connectivity index (χ4v) is 5.96. The molecule has 0 N–H and O–H groups in total. The molecule has 208 valence electrons. The maximum Gasteiger partial charge on any atom is 0.201 e. The monoisotopic (exact) mass is 540 g/mol. The Bertz CT molecular complexity index is 1430. The molecule has 2 nitrogen and oxygen atoms in total. The molecule has 0 amide bonds. The lowest BCUT2D eigenvalue weighted by molar-refractivity contribution is 0.172. The molecule has 0 bridgehead atoms. The molecule has 0 aliphatic heterocycles. The van der Waals surface area contributed by atoms with Gasteiger partial charge in [-0.05, 0) is 48.3 Å². The van der Waals surface area contributed by atoms with Crippen LogP contribution in [0.5, 0.6) is 5.75 Å². The van der Waals surface area contributed by atoms with Gasteiger partial charge in [-0.15, -0.1) is 0 Å². The summed E-state index contributed by atoms with van der Waals surface area (Å²) in [4.78, 5) is 0. The number of fused-ring (bicyclic) bond motifs is 3. The lowest BCUT2D eigenvalue weighted by Crippen LogP contribution is -2.20. The van der Waals surface area contributed by atoms with Crippen molar-refractivity contribution in [1.82, 2.24) is 0 Å². The molecule has 3 aromatic carbocycles. The predicted octanol–water partition coefficient (Wildman–Crippen LogP) is 10.5. The molecule has 6 heteroatoms. The van der Waals surface area contributed by atoms with E-state index in [0.717, 1.165) is 50.0 Å². The summed E-state index contributed by atoms with van der Waals surface area (Å²) in [6, 6.07) is 9.79. The Hall–Kier alpha value is -3.02. The second kappa shape index (κ2) is 12.0. The van der Waals surface area contributed by atoms with Crippen molar-refractivity contribution in [3.8, 4) is 16.9 Å². The number of hydrogen-bond acceptors (Lipinski definition) is 2. The minimum Gasteiger partial charge on any atom is -0.490 e. The van der Waals surface area contributed by atoms with Gasteiger partial charge in [-0.1, -0.05) is 83.1 Å². The van der Waals surface area contributed by atoms with Crippen LogP contribution < -0.4 is 4.74 Å². The maximum atomic E-state index is 15.3. The number of furan rings is 1. The van der Waals surface area contributed by atoms with Gasteiger partial charge in [0.2, 0.25) is 5.82 Å². The van der Waals surface area contributed by atoms with Gasteiger partial charge < -0.3 is 9.15 Å². The molecule has 1 heterocycles.